The van der Waals surface area contributed by atoms with Gasteiger partial charge in [-0.3, -0.25) is 4.79 Å². The second-order valence-electron chi connectivity index (χ2n) is 5.04. The molecule has 98 valence electrons. The fourth-order valence-corrected chi connectivity index (χ4v) is 2.03. The zero-order chi connectivity index (χ0) is 13.3. The molecule has 0 heterocycles. The lowest BCUT2D eigenvalue weighted by Gasteiger charge is -2.17. The topological polar surface area (TPSA) is 37.3 Å². The van der Waals surface area contributed by atoms with Crippen LogP contribution in [0.5, 0.6) is 0 Å². The van der Waals surface area contributed by atoms with Gasteiger partial charge in [-0.2, -0.15) is 0 Å². The predicted octanol–water partition coefficient (Wildman–Crippen LogP) is 3.45. The van der Waals surface area contributed by atoms with Gasteiger partial charge in [0.1, 0.15) is 0 Å². The molecule has 1 atom stereocenters. The maximum atomic E-state index is 13.9. The van der Waals surface area contributed by atoms with Crippen molar-refractivity contribution in [1.82, 2.24) is 0 Å². The second-order valence-corrected chi connectivity index (χ2v) is 5.04. The molecule has 2 nitrogen and oxygen atoms in total. The molecule has 1 aliphatic carbocycles. The van der Waals surface area contributed by atoms with Crippen LogP contribution in [0.3, 0.4) is 0 Å². The molecule has 1 aromatic rings. The molecule has 1 aliphatic rings. The lowest BCUT2D eigenvalue weighted by molar-refractivity contribution is -0.141. The summed E-state index contributed by atoms with van der Waals surface area (Å²) >= 11 is 0. The molecule has 0 bridgehead atoms. The van der Waals surface area contributed by atoms with Crippen molar-refractivity contribution in [3.63, 3.8) is 0 Å². The minimum absolute atomic E-state index is 0.0140. The van der Waals surface area contributed by atoms with Gasteiger partial charge in [0.25, 0.3) is 5.92 Å². The molecule has 1 aromatic carbocycles. The molecule has 1 saturated carbocycles. The van der Waals surface area contributed by atoms with Crippen molar-refractivity contribution in [1.29, 1.82) is 0 Å². The molecular formula is C14H16F2O2. The van der Waals surface area contributed by atoms with Gasteiger partial charge in [0.2, 0.25) is 0 Å². The van der Waals surface area contributed by atoms with Gasteiger partial charge in [0, 0.05) is 11.5 Å². The summed E-state index contributed by atoms with van der Waals surface area (Å²) in [6.07, 6.45) is 1.43. The van der Waals surface area contributed by atoms with Crippen LogP contribution in [0.25, 0.3) is 0 Å². The predicted molar refractivity (Wildman–Crippen MR) is 63.6 cm³/mol. The van der Waals surface area contributed by atoms with E-state index < -0.39 is 23.7 Å². The van der Waals surface area contributed by atoms with Gasteiger partial charge in [-0.15, -0.1) is 0 Å². The molecule has 1 fully saturated rings. The monoisotopic (exact) mass is 254 g/mol. The summed E-state index contributed by atoms with van der Waals surface area (Å²) in [5.74, 6) is -4.78. The summed E-state index contributed by atoms with van der Waals surface area (Å²) in [6.45, 7) is 1.58. The van der Waals surface area contributed by atoms with Crippen LogP contribution in [0, 0.1) is 11.8 Å². The normalized spacial score (nSPS) is 17.5. The standard InChI is InChI=1S/C14H16F2O2/c1-9(13(17)18)7-10-3-2-4-12(8-10)14(15,16)11-5-6-11/h2-4,8-9,11H,5-7H2,1H3,(H,17,18). The van der Waals surface area contributed by atoms with Crippen LogP contribution in [-0.4, -0.2) is 11.1 Å². The fraction of sp³-hybridized carbons (Fsp3) is 0.500. The van der Waals surface area contributed by atoms with Crippen molar-refractivity contribution in [3.8, 4) is 0 Å². The van der Waals surface area contributed by atoms with E-state index >= 15 is 0 Å². The minimum atomic E-state index is -2.78. The van der Waals surface area contributed by atoms with E-state index in [1.54, 1.807) is 19.1 Å². The van der Waals surface area contributed by atoms with Gasteiger partial charge in [-0.05, 0) is 30.9 Å². The van der Waals surface area contributed by atoms with Gasteiger partial charge in [0.15, 0.2) is 0 Å². The molecule has 2 rings (SSSR count). The van der Waals surface area contributed by atoms with Crippen molar-refractivity contribution in [2.24, 2.45) is 11.8 Å². The number of hydrogen-bond acceptors (Lipinski definition) is 1. The Labute approximate surface area is 105 Å². The Morgan fingerprint density at radius 3 is 2.72 bits per heavy atom. The zero-order valence-corrected chi connectivity index (χ0v) is 10.2. The van der Waals surface area contributed by atoms with Gasteiger partial charge in [0.05, 0.1) is 5.92 Å². The Balaban J connectivity index is 2.17. The van der Waals surface area contributed by atoms with Crippen molar-refractivity contribution in [2.75, 3.05) is 0 Å². The van der Waals surface area contributed by atoms with E-state index in [0.717, 1.165) is 0 Å². The summed E-state index contributed by atoms with van der Waals surface area (Å²) in [6, 6.07) is 6.15. The highest BCUT2D eigenvalue weighted by atomic mass is 19.3. The van der Waals surface area contributed by atoms with Crippen LogP contribution in [-0.2, 0) is 17.1 Å². The summed E-state index contributed by atoms with van der Waals surface area (Å²) in [5, 5.41) is 8.82. The van der Waals surface area contributed by atoms with E-state index in [1.807, 2.05) is 0 Å². The number of carboxylic acid groups (broad SMARTS) is 1. The third-order valence-electron chi connectivity index (χ3n) is 3.37. The highest BCUT2D eigenvalue weighted by Crippen LogP contribution is 2.49. The van der Waals surface area contributed by atoms with Crippen molar-refractivity contribution < 1.29 is 18.7 Å². The number of carbonyl (C=O) groups is 1. The second kappa shape index (κ2) is 4.67. The van der Waals surface area contributed by atoms with Crippen LogP contribution in [0.4, 0.5) is 8.78 Å². The molecule has 0 amide bonds. The first-order valence-corrected chi connectivity index (χ1v) is 6.11. The third-order valence-corrected chi connectivity index (χ3v) is 3.37. The summed E-state index contributed by atoms with van der Waals surface area (Å²) in [5.41, 5.74) is 0.669. The minimum Gasteiger partial charge on any atom is -0.481 e. The fourth-order valence-electron chi connectivity index (χ4n) is 2.03. The summed E-state index contributed by atoms with van der Waals surface area (Å²) < 4.78 is 27.8. The average molecular weight is 254 g/mol. The Morgan fingerprint density at radius 2 is 2.17 bits per heavy atom. The van der Waals surface area contributed by atoms with Crippen molar-refractivity contribution >= 4 is 5.97 Å². The molecule has 1 N–H and O–H groups in total. The maximum absolute atomic E-state index is 13.9. The first kappa shape index (κ1) is 13.0. The Bertz CT molecular complexity index is 453. The van der Waals surface area contributed by atoms with Crippen LogP contribution in [0.1, 0.15) is 30.9 Å². The smallest absolute Gasteiger partial charge is 0.306 e. The average Bonchev–Trinajstić information content (AvgIpc) is 3.13. The van der Waals surface area contributed by atoms with Crippen LogP contribution in [0.2, 0.25) is 0 Å². The van der Waals surface area contributed by atoms with Gasteiger partial charge in [-0.25, -0.2) is 8.78 Å². The highest BCUT2D eigenvalue weighted by Gasteiger charge is 2.47. The molecule has 0 aromatic heterocycles. The van der Waals surface area contributed by atoms with E-state index in [-0.39, 0.29) is 12.0 Å². The number of hydrogen-bond donors (Lipinski definition) is 1. The first-order valence-electron chi connectivity index (χ1n) is 6.11. The van der Waals surface area contributed by atoms with Gasteiger partial charge in [-0.1, -0.05) is 25.1 Å². The Kier molecular flexibility index (Phi) is 3.37. The lowest BCUT2D eigenvalue weighted by atomic mass is 9.96. The van der Waals surface area contributed by atoms with Gasteiger partial charge >= 0.3 is 5.97 Å². The van der Waals surface area contributed by atoms with Crippen LogP contribution >= 0.6 is 0 Å². The largest absolute Gasteiger partial charge is 0.481 e. The van der Waals surface area contributed by atoms with Crippen molar-refractivity contribution in [2.45, 2.75) is 32.1 Å². The Hall–Kier alpha value is -1.45. The number of alkyl halides is 2. The van der Waals surface area contributed by atoms with Crippen LogP contribution in [0.15, 0.2) is 24.3 Å². The molecule has 0 saturated heterocycles. The zero-order valence-electron chi connectivity index (χ0n) is 10.2. The summed E-state index contributed by atoms with van der Waals surface area (Å²) in [7, 11) is 0. The molecule has 4 heteroatoms. The van der Waals surface area contributed by atoms with Crippen molar-refractivity contribution in [3.05, 3.63) is 35.4 Å². The number of carboxylic acids is 1. The van der Waals surface area contributed by atoms with E-state index in [4.69, 9.17) is 5.11 Å². The molecule has 1 unspecified atom stereocenters. The molecule has 0 aliphatic heterocycles. The van der Waals surface area contributed by atoms with Gasteiger partial charge < -0.3 is 5.11 Å². The van der Waals surface area contributed by atoms with E-state index in [1.165, 1.54) is 12.1 Å². The lowest BCUT2D eigenvalue weighted by Crippen LogP contribution is -2.17. The molecule has 0 spiro atoms. The molecular weight excluding hydrogens is 238 g/mol. The highest BCUT2D eigenvalue weighted by molar-refractivity contribution is 5.69. The molecule has 18 heavy (non-hydrogen) atoms. The van der Waals surface area contributed by atoms with E-state index in [0.29, 0.717) is 18.4 Å². The van der Waals surface area contributed by atoms with E-state index in [9.17, 15) is 13.6 Å². The maximum Gasteiger partial charge on any atom is 0.306 e. The van der Waals surface area contributed by atoms with Crippen LogP contribution < -0.4 is 0 Å². The number of aliphatic carboxylic acids is 1. The third kappa shape index (κ3) is 2.68. The van der Waals surface area contributed by atoms with E-state index in [2.05, 4.69) is 0 Å². The number of halogens is 2. The Morgan fingerprint density at radius 1 is 1.50 bits per heavy atom. The number of rotatable bonds is 5. The molecule has 0 radical (unpaired) electrons. The quantitative estimate of drug-likeness (QED) is 0.873. The SMILES string of the molecule is CC(Cc1cccc(C(F)(F)C2CC2)c1)C(=O)O. The summed E-state index contributed by atoms with van der Waals surface area (Å²) in [4.78, 5) is 10.8. The number of benzene rings is 1. The first-order chi connectivity index (χ1) is 8.41.